The van der Waals surface area contributed by atoms with Gasteiger partial charge in [0.25, 0.3) is 11.8 Å². The van der Waals surface area contributed by atoms with Gasteiger partial charge >= 0.3 is 0 Å². The van der Waals surface area contributed by atoms with Crippen molar-refractivity contribution in [1.29, 1.82) is 0 Å². The first-order chi connectivity index (χ1) is 12.6. The van der Waals surface area contributed by atoms with E-state index in [1.54, 1.807) is 11.1 Å². The molecule has 1 heterocycles. The maximum absolute atomic E-state index is 13.4. The van der Waals surface area contributed by atoms with E-state index in [9.17, 15) is 9.59 Å². The second-order valence-corrected chi connectivity index (χ2v) is 9.09. The highest BCUT2D eigenvalue weighted by atomic mass is 32.1. The molecule has 1 aromatic heterocycles. The van der Waals surface area contributed by atoms with Crippen LogP contribution in [0.2, 0.25) is 0 Å². The molecule has 1 aromatic carbocycles. The zero-order chi connectivity index (χ0) is 20.2. The molecule has 0 aliphatic carbocycles. The molecule has 0 saturated carbocycles. The standard InChI is InChI=1S/C22H30N2O2S/c1-7-9-19(22(4,5)6)24(23-20(25)18-10-8-11-27-18)21(26)17-13-15(2)12-16(3)14-17/h8,10-14,19H,7,9H2,1-6H3,(H,23,25)/t19-/m0/s1. The lowest BCUT2D eigenvalue weighted by Crippen LogP contribution is -2.56. The number of rotatable bonds is 5. The Morgan fingerprint density at radius 3 is 2.26 bits per heavy atom. The SMILES string of the molecule is CCC[C@H](N(NC(=O)c1cccs1)C(=O)c1cc(C)cc(C)c1)C(C)(C)C. The Kier molecular flexibility index (Phi) is 6.82. The minimum Gasteiger partial charge on any atom is -0.267 e. The van der Waals surface area contributed by atoms with Gasteiger partial charge in [0.05, 0.1) is 10.9 Å². The number of amides is 2. The highest BCUT2D eigenvalue weighted by Crippen LogP contribution is 2.29. The van der Waals surface area contributed by atoms with Crippen LogP contribution < -0.4 is 5.43 Å². The van der Waals surface area contributed by atoms with Crippen LogP contribution in [0, 0.1) is 19.3 Å². The highest BCUT2D eigenvalue weighted by Gasteiger charge is 2.35. The maximum Gasteiger partial charge on any atom is 0.279 e. The first-order valence-electron chi connectivity index (χ1n) is 9.39. The van der Waals surface area contributed by atoms with E-state index >= 15 is 0 Å². The molecule has 2 rings (SSSR count). The summed E-state index contributed by atoms with van der Waals surface area (Å²) < 4.78 is 0. The lowest BCUT2D eigenvalue weighted by Gasteiger charge is -2.40. The van der Waals surface area contributed by atoms with Crippen molar-refractivity contribution < 1.29 is 9.59 Å². The number of thiophene rings is 1. The Hall–Kier alpha value is -2.14. The summed E-state index contributed by atoms with van der Waals surface area (Å²) in [5, 5.41) is 3.41. The number of nitrogens with zero attached hydrogens (tertiary/aromatic N) is 1. The number of aryl methyl sites for hydroxylation is 2. The third-order valence-corrected chi connectivity index (χ3v) is 5.40. The van der Waals surface area contributed by atoms with E-state index in [0.717, 1.165) is 24.0 Å². The number of nitrogens with one attached hydrogen (secondary N) is 1. The van der Waals surface area contributed by atoms with Crippen LogP contribution in [0.4, 0.5) is 0 Å². The largest absolute Gasteiger partial charge is 0.279 e. The van der Waals surface area contributed by atoms with Crippen molar-refractivity contribution in [2.24, 2.45) is 5.41 Å². The van der Waals surface area contributed by atoms with Gasteiger partial charge in [-0.1, -0.05) is 57.4 Å². The predicted molar refractivity (Wildman–Crippen MR) is 112 cm³/mol. The Labute approximate surface area is 166 Å². The van der Waals surface area contributed by atoms with Gasteiger partial charge in [0.15, 0.2) is 0 Å². The summed E-state index contributed by atoms with van der Waals surface area (Å²) in [4.78, 5) is 26.8. The van der Waals surface area contributed by atoms with Crippen LogP contribution >= 0.6 is 11.3 Å². The molecule has 0 bridgehead atoms. The molecular formula is C22H30N2O2S. The molecule has 0 radical (unpaired) electrons. The van der Waals surface area contributed by atoms with Gasteiger partial charge < -0.3 is 0 Å². The van der Waals surface area contributed by atoms with Crippen LogP contribution in [0.1, 0.15) is 71.7 Å². The van der Waals surface area contributed by atoms with E-state index < -0.39 is 0 Å². The second kappa shape index (κ2) is 8.70. The number of hydrogen-bond donors (Lipinski definition) is 1. The van der Waals surface area contributed by atoms with Crippen molar-refractivity contribution in [3.05, 3.63) is 57.3 Å². The molecule has 1 N–H and O–H groups in total. The number of carbonyl (C=O) groups excluding carboxylic acids is 2. The Morgan fingerprint density at radius 2 is 1.78 bits per heavy atom. The molecule has 0 spiro atoms. The topological polar surface area (TPSA) is 49.4 Å². The fourth-order valence-electron chi connectivity index (χ4n) is 3.30. The van der Waals surface area contributed by atoms with Crippen molar-refractivity contribution in [3.8, 4) is 0 Å². The first-order valence-corrected chi connectivity index (χ1v) is 10.3. The average Bonchev–Trinajstić information content (AvgIpc) is 3.10. The maximum atomic E-state index is 13.4. The van der Waals surface area contributed by atoms with E-state index in [1.807, 2.05) is 43.5 Å². The van der Waals surface area contributed by atoms with E-state index in [1.165, 1.54) is 11.3 Å². The molecule has 2 aromatic rings. The summed E-state index contributed by atoms with van der Waals surface area (Å²) in [6.45, 7) is 12.4. The molecule has 0 aliphatic heterocycles. The third kappa shape index (κ3) is 5.42. The van der Waals surface area contributed by atoms with Crippen molar-refractivity contribution in [1.82, 2.24) is 10.4 Å². The third-order valence-electron chi connectivity index (χ3n) is 4.53. The quantitative estimate of drug-likeness (QED) is 0.703. The highest BCUT2D eigenvalue weighted by molar-refractivity contribution is 7.12. The van der Waals surface area contributed by atoms with E-state index in [2.05, 4.69) is 33.1 Å². The molecule has 146 valence electrons. The molecule has 0 unspecified atom stereocenters. The van der Waals surface area contributed by atoms with Crippen molar-refractivity contribution >= 4 is 23.2 Å². The molecule has 0 aliphatic rings. The van der Waals surface area contributed by atoms with Crippen LogP contribution in [-0.4, -0.2) is 22.9 Å². The van der Waals surface area contributed by atoms with Gasteiger partial charge in [0, 0.05) is 5.56 Å². The van der Waals surface area contributed by atoms with E-state index in [-0.39, 0.29) is 23.3 Å². The number of carbonyl (C=O) groups is 2. The van der Waals surface area contributed by atoms with Gasteiger partial charge in [-0.15, -0.1) is 11.3 Å². The molecule has 27 heavy (non-hydrogen) atoms. The zero-order valence-electron chi connectivity index (χ0n) is 17.1. The molecular weight excluding hydrogens is 356 g/mol. The summed E-state index contributed by atoms with van der Waals surface area (Å²) >= 11 is 1.37. The van der Waals surface area contributed by atoms with Gasteiger partial charge in [-0.05, 0) is 49.3 Å². The van der Waals surface area contributed by atoms with Gasteiger partial charge in [0.1, 0.15) is 0 Å². The number of hydrogen-bond acceptors (Lipinski definition) is 3. The molecule has 0 fully saturated rings. The van der Waals surface area contributed by atoms with E-state index in [0.29, 0.717) is 10.4 Å². The van der Waals surface area contributed by atoms with Crippen LogP contribution in [-0.2, 0) is 0 Å². The number of hydrazine groups is 1. The summed E-state index contributed by atoms with van der Waals surface area (Å²) in [5.74, 6) is -0.409. The van der Waals surface area contributed by atoms with Crippen molar-refractivity contribution in [2.75, 3.05) is 0 Å². The predicted octanol–water partition coefficient (Wildman–Crippen LogP) is 5.37. The van der Waals surface area contributed by atoms with Crippen LogP contribution in [0.3, 0.4) is 0 Å². The molecule has 2 amide bonds. The lowest BCUT2D eigenvalue weighted by molar-refractivity contribution is 0.0272. The van der Waals surface area contributed by atoms with Crippen molar-refractivity contribution in [3.63, 3.8) is 0 Å². The van der Waals surface area contributed by atoms with Gasteiger partial charge in [-0.2, -0.15) is 0 Å². The smallest absolute Gasteiger partial charge is 0.267 e. The summed E-state index contributed by atoms with van der Waals surface area (Å²) in [6, 6.07) is 9.29. The Bertz CT molecular complexity index is 771. The fourth-order valence-corrected chi connectivity index (χ4v) is 3.92. The summed E-state index contributed by atoms with van der Waals surface area (Å²) in [7, 11) is 0. The minimum absolute atomic E-state index is 0.111. The minimum atomic E-state index is -0.243. The number of benzene rings is 1. The van der Waals surface area contributed by atoms with Gasteiger partial charge in [-0.3, -0.25) is 15.0 Å². The molecule has 1 atom stereocenters. The molecule has 0 saturated heterocycles. The normalized spacial score (nSPS) is 12.5. The molecule has 4 nitrogen and oxygen atoms in total. The summed E-state index contributed by atoms with van der Waals surface area (Å²) in [6.07, 6.45) is 1.73. The average molecular weight is 387 g/mol. The van der Waals surface area contributed by atoms with Crippen LogP contribution in [0.25, 0.3) is 0 Å². The first kappa shape index (κ1) is 21.2. The Morgan fingerprint density at radius 1 is 1.15 bits per heavy atom. The zero-order valence-corrected chi connectivity index (χ0v) is 17.9. The van der Waals surface area contributed by atoms with E-state index in [4.69, 9.17) is 0 Å². The van der Waals surface area contributed by atoms with Gasteiger partial charge in [0.2, 0.25) is 0 Å². The van der Waals surface area contributed by atoms with Gasteiger partial charge in [-0.25, -0.2) is 5.01 Å². The second-order valence-electron chi connectivity index (χ2n) is 8.14. The monoisotopic (exact) mass is 386 g/mol. The Balaban J connectivity index is 2.43. The van der Waals surface area contributed by atoms with Crippen LogP contribution in [0.5, 0.6) is 0 Å². The fraction of sp³-hybridized carbons (Fsp3) is 0.455. The van der Waals surface area contributed by atoms with Crippen LogP contribution in [0.15, 0.2) is 35.7 Å². The lowest BCUT2D eigenvalue weighted by atomic mass is 9.83. The summed E-state index contributed by atoms with van der Waals surface area (Å²) in [5.41, 5.74) is 5.40. The van der Waals surface area contributed by atoms with Crippen molar-refractivity contribution in [2.45, 2.75) is 60.4 Å². The molecule has 5 heteroatoms.